The molecule has 2 bridgehead atoms. The second-order valence-electron chi connectivity index (χ2n) is 19.6. The highest BCUT2D eigenvalue weighted by Crippen LogP contribution is 2.38. The molecule has 0 radical (unpaired) electrons. The Balaban J connectivity index is 1.70. The SMILES string of the molecule is CO[C@@H]1C[C@H](C[C@@H](C)[C@@H]2CC(=O)[C@H](C)/C=C(\C)[C@@H](O)[C@@H](OC)C(=O)[C@H](C)C[C@H](C)/C=C/C=C/C=C(\C)C(SC)C[C@@H]3CC[C@@H](C)[C@@](O)(O3)C(=O)C(=O)N3CCCC[C@H]3C(=O)O2)CC[C@H]1O. The second-order valence-corrected chi connectivity index (χ2v) is 20.6. The highest BCUT2D eigenvalue weighted by molar-refractivity contribution is 7.99. The number of nitrogens with zero attached hydrogens (tertiary/aromatic N) is 1. The Morgan fingerprint density at radius 1 is 0.892 bits per heavy atom. The van der Waals surface area contributed by atoms with Crippen molar-refractivity contribution in [3.05, 3.63) is 47.6 Å². The summed E-state index contributed by atoms with van der Waals surface area (Å²) in [6.45, 7) is 12.9. The summed E-state index contributed by atoms with van der Waals surface area (Å²) in [5.74, 6) is -7.73. The summed E-state index contributed by atoms with van der Waals surface area (Å²) in [6.07, 6.45) is 14.4. The van der Waals surface area contributed by atoms with Crippen LogP contribution in [0.15, 0.2) is 47.6 Å². The molecule has 3 heterocycles. The van der Waals surface area contributed by atoms with Gasteiger partial charge in [-0.3, -0.25) is 19.2 Å². The Hall–Kier alpha value is -2.98. The number of hydrogen-bond donors (Lipinski definition) is 3. The molecule has 4 aliphatic rings. The van der Waals surface area contributed by atoms with Crippen molar-refractivity contribution in [2.75, 3.05) is 27.0 Å². The van der Waals surface area contributed by atoms with Crippen LogP contribution in [0.3, 0.4) is 0 Å². The molecule has 2 saturated heterocycles. The van der Waals surface area contributed by atoms with Crippen molar-refractivity contribution in [2.45, 2.75) is 179 Å². The van der Waals surface area contributed by atoms with E-state index in [1.807, 2.05) is 64.3 Å². The number of methoxy groups -OCH3 is 2. The van der Waals surface area contributed by atoms with Gasteiger partial charge in [0.1, 0.15) is 30.1 Å². The Bertz CT molecular complexity index is 1760. The number of allylic oxidation sites excluding steroid dienone is 6. The van der Waals surface area contributed by atoms with Gasteiger partial charge in [0.25, 0.3) is 11.7 Å². The number of hydrogen-bond acceptors (Lipinski definition) is 13. The van der Waals surface area contributed by atoms with Crippen LogP contribution in [0.25, 0.3) is 0 Å². The molecule has 4 rings (SSSR count). The highest BCUT2D eigenvalue weighted by Gasteiger charge is 2.53. The lowest BCUT2D eigenvalue weighted by molar-refractivity contribution is -0.263. The number of fused-ring (bicyclic) bond motifs is 3. The maximum absolute atomic E-state index is 14.4. The predicted molar refractivity (Wildman–Crippen MR) is 252 cm³/mol. The van der Waals surface area contributed by atoms with Crippen LogP contribution in [0.2, 0.25) is 0 Å². The van der Waals surface area contributed by atoms with E-state index in [1.165, 1.54) is 12.0 Å². The number of piperidine rings is 1. The monoisotopic (exact) mass is 930 g/mol. The van der Waals surface area contributed by atoms with Crippen molar-refractivity contribution in [1.82, 2.24) is 4.90 Å². The summed E-state index contributed by atoms with van der Waals surface area (Å²) in [4.78, 5) is 71.9. The zero-order valence-electron chi connectivity index (χ0n) is 40.6. The van der Waals surface area contributed by atoms with Gasteiger partial charge in [-0.2, -0.15) is 11.8 Å². The van der Waals surface area contributed by atoms with Crippen molar-refractivity contribution in [2.24, 2.45) is 35.5 Å². The fraction of sp³-hybridized carbons (Fsp3) is 0.745. The molecule has 15 atom stereocenters. The number of ether oxygens (including phenoxy) is 4. The average molecular weight is 930 g/mol. The van der Waals surface area contributed by atoms with Gasteiger partial charge in [0.15, 0.2) is 5.78 Å². The van der Waals surface area contributed by atoms with Crippen molar-refractivity contribution >= 4 is 41.0 Å². The normalized spacial score (nSPS) is 40.4. The molecule has 1 amide bonds. The number of ketones is 3. The van der Waals surface area contributed by atoms with E-state index in [-0.39, 0.29) is 60.1 Å². The van der Waals surface area contributed by atoms with Gasteiger partial charge >= 0.3 is 5.97 Å². The molecule has 14 heteroatoms. The first-order chi connectivity index (χ1) is 30.7. The summed E-state index contributed by atoms with van der Waals surface area (Å²) in [5, 5.41) is 33.9. The number of aliphatic hydroxyl groups excluding tert-OH is 2. The topological polar surface area (TPSA) is 186 Å². The van der Waals surface area contributed by atoms with Gasteiger partial charge in [-0.1, -0.05) is 76.6 Å². The third-order valence-corrected chi connectivity index (χ3v) is 15.6. The van der Waals surface area contributed by atoms with Gasteiger partial charge in [0.2, 0.25) is 5.79 Å². The van der Waals surface area contributed by atoms with Crippen LogP contribution in [0.1, 0.15) is 126 Å². The summed E-state index contributed by atoms with van der Waals surface area (Å²) in [7, 11) is 2.96. The molecule has 0 aromatic rings. The van der Waals surface area contributed by atoms with Gasteiger partial charge in [-0.15, -0.1) is 0 Å². The summed E-state index contributed by atoms with van der Waals surface area (Å²) >= 11 is 1.63. The molecule has 0 spiro atoms. The Kier molecular flexibility index (Phi) is 21.3. The Morgan fingerprint density at radius 2 is 1.62 bits per heavy atom. The third kappa shape index (κ3) is 14.5. The minimum Gasteiger partial charge on any atom is -0.460 e. The molecule has 65 heavy (non-hydrogen) atoms. The second kappa shape index (κ2) is 25.4. The highest BCUT2D eigenvalue weighted by atomic mass is 32.2. The van der Waals surface area contributed by atoms with E-state index in [0.29, 0.717) is 63.4 Å². The minimum absolute atomic E-state index is 0.000885. The molecular weight excluding hydrogens is 851 g/mol. The predicted octanol–water partition coefficient (Wildman–Crippen LogP) is 6.90. The summed E-state index contributed by atoms with van der Waals surface area (Å²) in [5.41, 5.74) is 1.46. The van der Waals surface area contributed by atoms with Gasteiger partial charge in [0, 0.05) is 50.2 Å². The van der Waals surface area contributed by atoms with Gasteiger partial charge in [0.05, 0.1) is 18.3 Å². The lowest BCUT2D eigenvalue weighted by atomic mass is 9.78. The fourth-order valence-electron chi connectivity index (χ4n) is 10.1. The molecule has 0 aromatic heterocycles. The van der Waals surface area contributed by atoms with Gasteiger partial charge < -0.3 is 39.2 Å². The standard InChI is InChI=1S/C51H79NO12S/c1-30-16-12-11-13-17-31(2)44(65-10)28-38-21-19-36(7)51(60,64-38)48(57)49(58)52-23-15-14-18-39(52)50(59)63-42(33(4)26-37-20-22-40(53)43(27-37)61-8)29-41(54)32(3)25-35(6)46(56)47(62-9)45(55)34(5)24-30/h11-13,16-17,25,30,32-34,36-40,42-44,46-47,53,56,60H,14-15,18-24,26-29H2,1-10H3/b13-11+,16-12+,31-17+,35-25+/t30-,32-,33-,34-,36-,37+,38+,39+,40-,42+,43-,44?,46-,47+,51-/m1/s1. The molecular formula is C51H79NO12S. The van der Waals surface area contributed by atoms with E-state index < -0.39 is 77.8 Å². The van der Waals surface area contributed by atoms with Crippen LogP contribution in [0.4, 0.5) is 0 Å². The zero-order chi connectivity index (χ0) is 48.2. The van der Waals surface area contributed by atoms with Crippen LogP contribution >= 0.6 is 11.8 Å². The largest absolute Gasteiger partial charge is 0.460 e. The van der Waals surface area contributed by atoms with E-state index in [4.69, 9.17) is 18.9 Å². The number of thioether (sulfide) groups is 1. The first-order valence-corrected chi connectivity index (χ1v) is 25.2. The molecule has 13 nitrogen and oxygen atoms in total. The van der Waals surface area contributed by atoms with E-state index in [2.05, 4.69) is 0 Å². The van der Waals surface area contributed by atoms with Crippen LogP contribution in [-0.2, 0) is 42.9 Å². The summed E-state index contributed by atoms with van der Waals surface area (Å²) in [6, 6.07) is -1.12. The first kappa shape index (κ1) is 54.6. The fourth-order valence-corrected chi connectivity index (χ4v) is 11.0. The number of cyclic esters (lactones) is 1. The van der Waals surface area contributed by atoms with Crippen molar-refractivity contribution in [3.63, 3.8) is 0 Å². The first-order valence-electron chi connectivity index (χ1n) is 23.9. The molecule has 3 fully saturated rings. The van der Waals surface area contributed by atoms with E-state index in [9.17, 15) is 39.3 Å². The van der Waals surface area contributed by atoms with Crippen molar-refractivity contribution in [3.8, 4) is 0 Å². The molecule has 3 aliphatic heterocycles. The minimum atomic E-state index is -2.38. The number of carbonyl (C=O) groups is 5. The van der Waals surface area contributed by atoms with Crippen LogP contribution < -0.4 is 0 Å². The lowest BCUT2D eigenvalue weighted by Gasteiger charge is -2.42. The molecule has 1 unspecified atom stereocenters. The Morgan fingerprint density at radius 3 is 2.29 bits per heavy atom. The van der Waals surface area contributed by atoms with Crippen LogP contribution in [0, 0.1) is 35.5 Å². The molecule has 3 N–H and O–H groups in total. The smallest absolute Gasteiger partial charge is 0.329 e. The van der Waals surface area contributed by atoms with Crippen LogP contribution in [-0.4, -0.2) is 130 Å². The van der Waals surface area contributed by atoms with E-state index in [1.54, 1.807) is 45.7 Å². The van der Waals surface area contributed by atoms with Crippen molar-refractivity contribution < 1.29 is 58.2 Å². The number of aliphatic hydroxyl groups is 3. The number of esters is 1. The van der Waals surface area contributed by atoms with Gasteiger partial charge in [-0.25, -0.2) is 4.79 Å². The quantitative estimate of drug-likeness (QED) is 0.142. The number of rotatable bonds is 6. The maximum Gasteiger partial charge on any atom is 0.329 e. The van der Waals surface area contributed by atoms with Crippen LogP contribution in [0.5, 0.6) is 0 Å². The lowest BCUT2D eigenvalue weighted by Crippen LogP contribution is -2.60. The molecule has 366 valence electrons. The van der Waals surface area contributed by atoms with Gasteiger partial charge in [-0.05, 0) is 114 Å². The third-order valence-electron chi connectivity index (χ3n) is 14.5. The van der Waals surface area contributed by atoms with E-state index in [0.717, 1.165) is 12.0 Å². The average Bonchev–Trinajstić information content (AvgIpc) is 3.28. The number of amides is 1. The molecule has 1 aliphatic carbocycles. The molecule has 0 aromatic carbocycles. The van der Waals surface area contributed by atoms with Crippen molar-refractivity contribution in [1.29, 1.82) is 0 Å². The zero-order valence-corrected chi connectivity index (χ0v) is 41.4. The Labute approximate surface area is 392 Å². The van der Waals surface area contributed by atoms with E-state index >= 15 is 0 Å². The number of carbonyl (C=O) groups excluding carboxylic acids is 5. The maximum atomic E-state index is 14.4. The molecule has 1 saturated carbocycles. The number of Topliss-reactive ketones (excluding diaryl/α,β-unsaturated/α-hetero) is 3. The summed E-state index contributed by atoms with van der Waals surface area (Å²) < 4.78 is 23.6.